The predicted octanol–water partition coefficient (Wildman–Crippen LogP) is 4.95. The third-order valence-electron chi connectivity index (χ3n) is 4.79. The fourth-order valence-corrected chi connectivity index (χ4v) is 4.25. The number of rotatable bonds is 8. The van der Waals surface area contributed by atoms with Crippen LogP contribution in [0, 0.1) is 0 Å². The molecule has 0 radical (unpaired) electrons. The van der Waals surface area contributed by atoms with Gasteiger partial charge in [0.1, 0.15) is 22.8 Å². The van der Waals surface area contributed by atoms with Crippen LogP contribution in [0.4, 0.5) is 5.13 Å². The zero-order chi connectivity index (χ0) is 22.5. The lowest BCUT2D eigenvalue weighted by Crippen LogP contribution is -2.30. The van der Waals surface area contributed by atoms with E-state index in [4.69, 9.17) is 19.2 Å². The number of pyridine rings is 1. The molecule has 2 aromatic heterocycles. The number of benzene rings is 2. The lowest BCUT2D eigenvalue weighted by Gasteiger charge is -2.20. The van der Waals surface area contributed by atoms with E-state index >= 15 is 0 Å². The summed E-state index contributed by atoms with van der Waals surface area (Å²) in [5.74, 6) is 1.53. The summed E-state index contributed by atoms with van der Waals surface area (Å²) in [5, 5.41) is 0.560. The number of anilines is 1. The van der Waals surface area contributed by atoms with Crippen LogP contribution in [0.15, 0.2) is 60.8 Å². The number of hydrogen-bond donors (Lipinski definition) is 0. The molecule has 0 saturated carbocycles. The average Bonchev–Trinajstić information content (AvgIpc) is 3.27. The highest BCUT2D eigenvalue weighted by atomic mass is 32.1. The van der Waals surface area contributed by atoms with Crippen molar-refractivity contribution in [3.63, 3.8) is 0 Å². The van der Waals surface area contributed by atoms with Crippen molar-refractivity contribution in [2.45, 2.75) is 13.5 Å². The minimum absolute atomic E-state index is 0.232. The number of nitrogens with zero attached hydrogens (tertiary/aromatic N) is 3. The quantitative estimate of drug-likeness (QED) is 0.379. The van der Waals surface area contributed by atoms with E-state index in [-0.39, 0.29) is 12.5 Å². The number of ether oxygens (including phenoxy) is 3. The summed E-state index contributed by atoms with van der Waals surface area (Å²) in [6.45, 7) is 2.73. The summed E-state index contributed by atoms with van der Waals surface area (Å²) < 4.78 is 17.4. The van der Waals surface area contributed by atoms with Gasteiger partial charge in [-0.15, -0.1) is 0 Å². The van der Waals surface area contributed by atoms with Crippen LogP contribution in [0.3, 0.4) is 0 Å². The van der Waals surface area contributed by atoms with Crippen LogP contribution >= 0.6 is 11.3 Å². The molecule has 4 rings (SSSR count). The zero-order valence-electron chi connectivity index (χ0n) is 18.1. The highest BCUT2D eigenvalue weighted by Gasteiger charge is 2.24. The molecule has 0 aliphatic rings. The van der Waals surface area contributed by atoms with Crippen LogP contribution in [0.1, 0.15) is 23.0 Å². The monoisotopic (exact) mass is 449 g/mol. The predicted molar refractivity (Wildman–Crippen MR) is 125 cm³/mol. The first-order chi connectivity index (χ1) is 15.6. The minimum atomic E-state index is -0.232. The van der Waals surface area contributed by atoms with Crippen molar-refractivity contribution >= 4 is 32.6 Å². The van der Waals surface area contributed by atoms with Crippen molar-refractivity contribution in [2.24, 2.45) is 0 Å². The Labute approximate surface area is 190 Å². The van der Waals surface area contributed by atoms with E-state index in [9.17, 15) is 4.79 Å². The number of aromatic nitrogens is 2. The van der Waals surface area contributed by atoms with Gasteiger partial charge in [-0.25, -0.2) is 4.98 Å². The maximum Gasteiger partial charge on any atom is 0.260 e. The summed E-state index contributed by atoms with van der Waals surface area (Å²) in [5.41, 5.74) is 1.91. The molecule has 0 aliphatic carbocycles. The summed E-state index contributed by atoms with van der Waals surface area (Å²) in [6.07, 6.45) is 1.71. The highest BCUT2D eigenvalue weighted by molar-refractivity contribution is 7.22. The molecule has 4 aromatic rings. The maximum atomic E-state index is 13.7. The van der Waals surface area contributed by atoms with Gasteiger partial charge in [0.25, 0.3) is 5.91 Å². The summed E-state index contributed by atoms with van der Waals surface area (Å²) in [6, 6.07) is 16.5. The van der Waals surface area contributed by atoms with Gasteiger partial charge < -0.3 is 14.2 Å². The maximum absolute atomic E-state index is 13.7. The number of amides is 1. The van der Waals surface area contributed by atoms with Crippen LogP contribution in [0.25, 0.3) is 10.2 Å². The van der Waals surface area contributed by atoms with Crippen LogP contribution in [0.5, 0.6) is 17.2 Å². The first kappa shape index (κ1) is 21.6. The Morgan fingerprint density at radius 1 is 1.03 bits per heavy atom. The Morgan fingerprint density at radius 2 is 1.81 bits per heavy atom. The molecule has 8 heteroatoms. The first-order valence-corrected chi connectivity index (χ1v) is 10.9. The summed E-state index contributed by atoms with van der Waals surface area (Å²) in [7, 11) is 3.11. The molecule has 2 heterocycles. The number of methoxy groups -OCH3 is 2. The van der Waals surface area contributed by atoms with E-state index in [1.807, 2.05) is 43.3 Å². The third kappa shape index (κ3) is 4.50. The van der Waals surface area contributed by atoms with Gasteiger partial charge in [-0.3, -0.25) is 14.7 Å². The second kappa shape index (κ2) is 9.65. The molecular weight excluding hydrogens is 426 g/mol. The van der Waals surface area contributed by atoms with E-state index in [0.717, 1.165) is 15.9 Å². The van der Waals surface area contributed by atoms with Crippen LogP contribution in [-0.4, -0.2) is 36.7 Å². The summed E-state index contributed by atoms with van der Waals surface area (Å²) >= 11 is 1.43. The van der Waals surface area contributed by atoms with Crippen molar-refractivity contribution in [2.75, 3.05) is 25.7 Å². The Morgan fingerprint density at radius 3 is 2.47 bits per heavy atom. The van der Waals surface area contributed by atoms with Gasteiger partial charge in [-0.2, -0.15) is 0 Å². The lowest BCUT2D eigenvalue weighted by molar-refractivity contribution is 0.0984. The molecule has 0 unspecified atom stereocenters. The van der Waals surface area contributed by atoms with Gasteiger partial charge in [0.15, 0.2) is 5.13 Å². The standard InChI is InChI=1S/C24H23N3O4S/c1-4-31-20-9-7-10-21-22(20)26-24(32-21)27(15-17-8-5-6-11-25-17)23(28)16-12-18(29-2)14-19(13-16)30-3/h5-14H,4,15H2,1-3H3. The molecular formula is C24H23N3O4S. The third-order valence-corrected chi connectivity index (χ3v) is 5.83. The number of carbonyl (C=O) groups is 1. The molecule has 2 aromatic carbocycles. The van der Waals surface area contributed by atoms with E-state index in [0.29, 0.717) is 34.6 Å². The number of carbonyl (C=O) groups excluding carboxylic acids is 1. The number of thiazole rings is 1. The van der Waals surface area contributed by atoms with Gasteiger partial charge in [-0.05, 0) is 43.3 Å². The topological polar surface area (TPSA) is 73.8 Å². The average molecular weight is 450 g/mol. The molecule has 0 atom stereocenters. The Hall–Kier alpha value is -3.65. The molecule has 0 aliphatic heterocycles. The smallest absolute Gasteiger partial charge is 0.260 e. The molecule has 0 saturated heterocycles. The lowest BCUT2D eigenvalue weighted by atomic mass is 10.1. The molecule has 32 heavy (non-hydrogen) atoms. The van der Waals surface area contributed by atoms with Crippen LogP contribution < -0.4 is 19.1 Å². The van der Waals surface area contributed by atoms with Gasteiger partial charge >= 0.3 is 0 Å². The van der Waals surface area contributed by atoms with Crippen molar-refractivity contribution in [3.8, 4) is 17.2 Å². The van der Waals surface area contributed by atoms with Crippen molar-refractivity contribution in [1.29, 1.82) is 0 Å². The van der Waals surface area contributed by atoms with Gasteiger partial charge in [0.2, 0.25) is 0 Å². The van der Waals surface area contributed by atoms with Crippen LogP contribution in [-0.2, 0) is 6.54 Å². The Balaban J connectivity index is 1.80. The Kier molecular flexibility index (Phi) is 6.51. The largest absolute Gasteiger partial charge is 0.497 e. The van der Waals surface area contributed by atoms with Gasteiger partial charge in [0, 0.05) is 17.8 Å². The molecule has 7 nitrogen and oxygen atoms in total. The first-order valence-electron chi connectivity index (χ1n) is 10.1. The SMILES string of the molecule is CCOc1cccc2sc(N(Cc3ccccn3)C(=O)c3cc(OC)cc(OC)c3)nc12. The van der Waals surface area contributed by atoms with E-state index < -0.39 is 0 Å². The number of para-hydroxylation sites is 1. The second-order valence-electron chi connectivity index (χ2n) is 6.85. The Bertz CT molecular complexity index is 1200. The van der Waals surface area contributed by atoms with Crippen molar-refractivity contribution in [3.05, 3.63) is 72.1 Å². The van der Waals surface area contributed by atoms with Crippen molar-refractivity contribution in [1.82, 2.24) is 9.97 Å². The van der Waals surface area contributed by atoms with Crippen LogP contribution in [0.2, 0.25) is 0 Å². The highest BCUT2D eigenvalue weighted by Crippen LogP contribution is 2.36. The fraction of sp³-hybridized carbons (Fsp3) is 0.208. The minimum Gasteiger partial charge on any atom is -0.497 e. The van der Waals surface area contributed by atoms with Crippen molar-refractivity contribution < 1.29 is 19.0 Å². The van der Waals surface area contributed by atoms with E-state index in [2.05, 4.69) is 4.98 Å². The molecule has 0 bridgehead atoms. The second-order valence-corrected chi connectivity index (χ2v) is 7.86. The van der Waals surface area contributed by atoms with E-state index in [1.165, 1.54) is 11.3 Å². The fourth-order valence-electron chi connectivity index (χ4n) is 3.27. The molecule has 1 amide bonds. The molecule has 0 spiro atoms. The number of fused-ring (bicyclic) bond motifs is 1. The van der Waals surface area contributed by atoms with Gasteiger partial charge in [-0.1, -0.05) is 23.5 Å². The molecule has 164 valence electrons. The van der Waals surface area contributed by atoms with E-state index in [1.54, 1.807) is 43.5 Å². The number of hydrogen-bond acceptors (Lipinski definition) is 7. The normalized spacial score (nSPS) is 10.7. The molecule has 0 fully saturated rings. The summed E-state index contributed by atoms with van der Waals surface area (Å²) in [4.78, 5) is 24.5. The molecule has 0 N–H and O–H groups in total. The zero-order valence-corrected chi connectivity index (χ0v) is 18.9. The van der Waals surface area contributed by atoms with Gasteiger partial charge in [0.05, 0.1) is 37.8 Å².